The van der Waals surface area contributed by atoms with Gasteiger partial charge in [-0.3, -0.25) is 9.59 Å². The van der Waals surface area contributed by atoms with Crippen molar-refractivity contribution in [1.82, 2.24) is 5.32 Å². The van der Waals surface area contributed by atoms with E-state index in [0.717, 1.165) is 6.07 Å². The molecule has 1 amide bonds. The van der Waals surface area contributed by atoms with E-state index in [4.69, 9.17) is 30.4 Å². The number of rotatable bonds is 17. The first-order valence-electron chi connectivity index (χ1n) is 16.3. The topological polar surface area (TPSA) is 228 Å². The van der Waals surface area contributed by atoms with Crippen LogP contribution >= 0.6 is 0 Å². The highest BCUT2D eigenvalue weighted by atomic mass is 19.4. The molecule has 18 heteroatoms. The Balaban J connectivity index is 2.18. The van der Waals surface area contributed by atoms with Crippen molar-refractivity contribution in [2.75, 3.05) is 13.2 Å². The molecule has 0 aliphatic rings. The number of aryl methyl sites for hydroxylation is 1. The third-order valence-corrected chi connectivity index (χ3v) is 6.43. The van der Waals surface area contributed by atoms with Crippen molar-refractivity contribution in [2.45, 2.75) is 97.1 Å². The average molecular weight is 755 g/mol. The van der Waals surface area contributed by atoms with Crippen LogP contribution in [0.15, 0.2) is 41.4 Å². The van der Waals surface area contributed by atoms with Crippen molar-refractivity contribution in [1.29, 1.82) is 0 Å². The number of ether oxygens (including phenoxy) is 5. The second-order valence-electron chi connectivity index (χ2n) is 13.5. The number of benzene rings is 2. The minimum absolute atomic E-state index is 0.00520. The molecule has 2 rings (SSSR count). The van der Waals surface area contributed by atoms with Crippen LogP contribution in [-0.2, 0) is 35.1 Å². The summed E-state index contributed by atoms with van der Waals surface area (Å²) in [5.41, 5.74) is 9.24. The highest BCUT2D eigenvalue weighted by Crippen LogP contribution is 2.34. The first-order valence-corrected chi connectivity index (χ1v) is 16.3. The minimum Gasteiger partial charge on any atom is -0.493 e. The first-order chi connectivity index (χ1) is 24.4. The number of hydrogen-bond acceptors (Lipinski definition) is 11. The van der Waals surface area contributed by atoms with Gasteiger partial charge in [-0.05, 0) is 84.6 Å². The van der Waals surface area contributed by atoms with Crippen molar-refractivity contribution in [2.24, 2.45) is 16.5 Å². The zero-order chi connectivity index (χ0) is 40.1. The van der Waals surface area contributed by atoms with E-state index in [2.05, 4.69) is 15.0 Å². The molecular formula is C35H45F3N4O11. The van der Waals surface area contributed by atoms with Gasteiger partial charge in [0.05, 0.1) is 25.3 Å². The number of nitrogens with two attached hydrogens (primary N) is 2. The van der Waals surface area contributed by atoms with Gasteiger partial charge >= 0.3 is 30.1 Å². The van der Waals surface area contributed by atoms with Gasteiger partial charge < -0.3 is 45.6 Å². The number of esters is 3. The van der Waals surface area contributed by atoms with Gasteiger partial charge in [0.25, 0.3) is 0 Å². The Morgan fingerprint density at radius 1 is 0.868 bits per heavy atom. The Morgan fingerprint density at radius 3 is 2.06 bits per heavy atom. The summed E-state index contributed by atoms with van der Waals surface area (Å²) in [6.45, 7) is 9.58. The van der Waals surface area contributed by atoms with E-state index >= 15 is 0 Å². The van der Waals surface area contributed by atoms with Crippen LogP contribution in [0.4, 0.5) is 18.9 Å². The number of carboxylic acids is 1. The van der Waals surface area contributed by atoms with Crippen LogP contribution in [0.2, 0.25) is 0 Å². The number of aliphatic imine (C=N–C) groups is 1. The average Bonchev–Trinajstić information content (AvgIpc) is 2.99. The van der Waals surface area contributed by atoms with Crippen LogP contribution < -0.4 is 31.0 Å². The number of hydrogen-bond donors (Lipinski definition) is 4. The normalized spacial score (nSPS) is 12.2. The molecule has 2 aromatic rings. The van der Waals surface area contributed by atoms with Crippen molar-refractivity contribution < 1.29 is 65.9 Å². The summed E-state index contributed by atoms with van der Waals surface area (Å²) in [4.78, 5) is 65.6. The number of nitrogens with zero attached hydrogens (tertiary/aromatic N) is 1. The van der Waals surface area contributed by atoms with Gasteiger partial charge in [-0.2, -0.15) is 13.2 Å². The molecule has 0 heterocycles. The zero-order valence-corrected chi connectivity index (χ0v) is 30.3. The molecule has 0 saturated heterocycles. The molecule has 15 nitrogen and oxygen atoms in total. The Morgan fingerprint density at radius 2 is 1.49 bits per heavy atom. The van der Waals surface area contributed by atoms with Gasteiger partial charge in [0.1, 0.15) is 28.6 Å². The third kappa shape index (κ3) is 16.1. The van der Waals surface area contributed by atoms with E-state index in [1.54, 1.807) is 41.5 Å². The standard InChI is InChI=1S/C35H45F3N4O11/c1-33(2,3)52-27(44)19-23(30(47)53-34(4,5)6)42-26(43)15-12-20-10-9-11-24(51-31(48)35(36,37)38)28(20)50-17-8-7-16-49-25-18-21(41-32(39)40)13-14-22(25)29(45)46/h9-11,13-14,18,23H,7-8,12,15-17,19H2,1-6H3,(H,42,43)(H,45,46)(H4,39,40,41). The molecule has 1 unspecified atom stereocenters. The number of alkyl halides is 3. The Kier molecular flexibility index (Phi) is 15.5. The summed E-state index contributed by atoms with van der Waals surface area (Å²) in [5, 5.41) is 11.9. The lowest BCUT2D eigenvalue weighted by Crippen LogP contribution is -2.46. The van der Waals surface area contributed by atoms with E-state index in [-0.39, 0.29) is 73.2 Å². The number of unbranched alkanes of at least 4 members (excludes halogenated alkanes) is 1. The van der Waals surface area contributed by atoms with Crippen molar-refractivity contribution in [3.8, 4) is 17.2 Å². The fourth-order valence-corrected chi connectivity index (χ4v) is 4.38. The quantitative estimate of drug-likeness (QED) is 0.0575. The first kappa shape index (κ1) is 43.6. The molecule has 0 fully saturated rings. The van der Waals surface area contributed by atoms with Gasteiger partial charge in [-0.15, -0.1) is 0 Å². The number of aromatic carboxylic acids is 1. The predicted octanol–water partition coefficient (Wildman–Crippen LogP) is 4.49. The molecule has 0 spiro atoms. The maximum absolute atomic E-state index is 13.1. The van der Waals surface area contributed by atoms with Gasteiger partial charge in [0.2, 0.25) is 5.91 Å². The molecular weight excluding hydrogens is 709 g/mol. The molecule has 0 bridgehead atoms. The maximum Gasteiger partial charge on any atom is 0.491 e. The van der Waals surface area contributed by atoms with Crippen LogP contribution in [0.1, 0.15) is 83.1 Å². The number of halogens is 3. The fourth-order valence-electron chi connectivity index (χ4n) is 4.38. The van der Waals surface area contributed by atoms with E-state index in [1.807, 2.05) is 0 Å². The third-order valence-electron chi connectivity index (χ3n) is 6.43. The molecule has 0 aromatic heterocycles. The smallest absolute Gasteiger partial charge is 0.491 e. The number of carboxylic acid groups (broad SMARTS) is 1. The van der Waals surface area contributed by atoms with Gasteiger partial charge in [0, 0.05) is 12.5 Å². The van der Waals surface area contributed by atoms with Crippen molar-refractivity contribution >= 4 is 41.4 Å². The molecule has 292 valence electrons. The molecule has 0 radical (unpaired) electrons. The summed E-state index contributed by atoms with van der Waals surface area (Å²) in [6.07, 6.45) is -5.82. The molecule has 0 aliphatic carbocycles. The van der Waals surface area contributed by atoms with Crippen molar-refractivity contribution in [3.05, 3.63) is 47.5 Å². The van der Waals surface area contributed by atoms with Crippen LogP contribution in [0, 0.1) is 0 Å². The Labute approximate surface area is 304 Å². The molecule has 0 saturated carbocycles. The maximum atomic E-state index is 13.1. The lowest BCUT2D eigenvalue weighted by Gasteiger charge is -2.25. The number of nitrogens with one attached hydrogen (secondary N) is 1. The summed E-state index contributed by atoms with van der Waals surface area (Å²) < 4.78 is 65.8. The number of amides is 1. The molecule has 6 N–H and O–H groups in total. The number of para-hydroxylation sites is 1. The Hall–Kier alpha value is -5.55. The zero-order valence-electron chi connectivity index (χ0n) is 30.3. The van der Waals surface area contributed by atoms with Crippen LogP contribution in [0.5, 0.6) is 17.2 Å². The summed E-state index contributed by atoms with van der Waals surface area (Å²) in [6, 6.07) is 6.41. The highest BCUT2D eigenvalue weighted by molar-refractivity contribution is 5.92. The van der Waals surface area contributed by atoms with Crippen LogP contribution in [0.3, 0.4) is 0 Å². The lowest BCUT2D eigenvalue weighted by molar-refractivity contribution is -0.189. The molecule has 53 heavy (non-hydrogen) atoms. The van der Waals surface area contributed by atoms with Crippen molar-refractivity contribution in [3.63, 3.8) is 0 Å². The Bertz CT molecular complexity index is 1660. The monoisotopic (exact) mass is 754 g/mol. The second-order valence-corrected chi connectivity index (χ2v) is 13.5. The molecule has 0 aliphatic heterocycles. The summed E-state index contributed by atoms with van der Waals surface area (Å²) in [7, 11) is 0. The van der Waals surface area contributed by atoms with Gasteiger partial charge in [-0.1, -0.05) is 12.1 Å². The fraction of sp³-hybridized carbons (Fsp3) is 0.486. The minimum atomic E-state index is -5.32. The van der Waals surface area contributed by atoms with Gasteiger partial charge in [-0.25, -0.2) is 19.4 Å². The van der Waals surface area contributed by atoms with Gasteiger partial charge in [0.15, 0.2) is 17.5 Å². The van der Waals surface area contributed by atoms with E-state index in [0.29, 0.717) is 0 Å². The van der Waals surface area contributed by atoms with Crippen LogP contribution in [0.25, 0.3) is 0 Å². The number of carbonyl (C=O) groups excluding carboxylic acids is 4. The largest absolute Gasteiger partial charge is 0.493 e. The van der Waals surface area contributed by atoms with E-state index in [1.165, 1.54) is 30.3 Å². The SMILES string of the molecule is CC(C)(C)OC(=O)CC(NC(=O)CCc1cccc(OC(=O)C(F)(F)F)c1OCCCCOc1cc(N=C(N)N)ccc1C(=O)O)C(=O)OC(C)(C)C. The summed E-state index contributed by atoms with van der Waals surface area (Å²) >= 11 is 0. The van der Waals surface area contributed by atoms with E-state index < -0.39 is 65.4 Å². The predicted molar refractivity (Wildman–Crippen MR) is 184 cm³/mol. The molecule has 2 aromatic carbocycles. The second kappa shape index (κ2) is 18.8. The highest BCUT2D eigenvalue weighted by Gasteiger charge is 2.42. The lowest BCUT2D eigenvalue weighted by atomic mass is 10.1. The number of guanidine groups is 1. The summed E-state index contributed by atoms with van der Waals surface area (Å²) in [5.74, 6) is -7.17. The molecule has 1 atom stereocenters. The number of carbonyl (C=O) groups is 5. The van der Waals surface area contributed by atoms with Crippen LogP contribution in [-0.4, -0.2) is 77.5 Å². The van der Waals surface area contributed by atoms with E-state index in [9.17, 15) is 42.3 Å².